The molecule has 0 spiro atoms. The largest absolute Gasteiger partial charge is 0.378 e. The minimum Gasteiger partial charge on any atom is -0.378 e. The molecule has 14 heavy (non-hydrogen) atoms. The van der Waals surface area contributed by atoms with Gasteiger partial charge in [0.05, 0.1) is 32.5 Å². The summed E-state index contributed by atoms with van der Waals surface area (Å²) in [5.74, 6) is -0.102. The molecule has 2 heterocycles. The van der Waals surface area contributed by atoms with Gasteiger partial charge in [0.2, 0.25) is 5.91 Å². The standard InChI is InChI=1S/C9H12N2O3/c10-5-9(6-14-7-9)8(12)11-1-3-13-4-2-11/h1-4,6-7H2. The Morgan fingerprint density at radius 3 is 2.36 bits per heavy atom. The van der Waals surface area contributed by atoms with E-state index in [2.05, 4.69) is 6.07 Å². The number of hydrogen-bond donors (Lipinski definition) is 0. The summed E-state index contributed by atoms with van der Waals surface area (Å²) in [5, 5.41) is 8.93. The Morgan fingerprint density at radius 2 is 1.93 bits per heavy atom. The second-order valence-corrected chi connectivity index (χ2v) is 3.59. The number of amides is 1. The highest BCUT2D eigenvalue weighted by atomic mass is 16.5. The second kappa shape index (κ2) is 3.56. The maximum absolute atomic E-state index is 11.9. The molecule has 0 aromatic carbocycles. The third-order valence-electron chi connectivity index (χ3n) is 2.62. The summed E-state index contributed by atoms with van der Waals surface area (Å²) in [6.07, 6.45) is 0. The third-order valence-corrected chi connectivity index (χ3v) is 2.62. The molecule has 0 aromatic heterocycles. The normalized spacial score (nSPS) is 24.9. The number of hydrogen-bond acceptors (Lipinski definition) is 4. The van der Waals surface area contributed by atoms with Gasteiger partial charge in [-0.15, -0.1) is 0 Å². The molecular weight excluding hydrogens is 184 g/mol. The van der Waals surface area contributed by atoms with Crippen LogP contribution in [0, 0.1) is 16.7 Å². The van der Waals surface area contributed by atoms with E-state index in [1.165, 1.54) is 0 Å². The zero-order valence-electron chi connectivity index (χ0n) is 7.86. The fourth-order valence-electron chi connectivity index (χ4n) is 1.61. The van der Waals surface area contributed by atoms with Crippen molar-refractivity contribution < 1.29 is 14.3 Å². The van der Waals surface area contributed by atoms with Gasteiger partial charge in [0.25, 0.3) is 0 Å². The van der Waals surface area contributed by atoms with Crippen LogP contribution in [-0.4, -0.2) is 50.3 Å². The van der Waals surface area contributed by atoms with Crippen molar-refractivity contribution in [1.29, 1.82) is 5.26 Å². The number of carbonyl (C=O) groups excluding carboxylic acids is 1. The van der Waals surface area contributed by atoms with Crippen LogP contribution in [0.1, 0.15) is 0 Å². The van der Waals surface area contributed by atoms with Gasteiger partial charge in [0.1, 0.15) is 0 Å². The number of nitriles is 1. The summed E-state index contributed by atoms with van der Waals surface area (Å²) in [4.78, 5) is 13.6. The Bertz CT molecular complexity index is 274. The fraction of sp³-hybridized carbons (Fsp3) is 0.778. The zero-order valence-corrected chi connectivity index (χ0v) is 7.86. The minimum atomic E-state index is -0.905. The lowest BCUT2D eigenvalue weighted by Gasteiger charge is -2.39. The molecule has 5 nitrogen and oxygen atoms in total. The van der Waals surface area contributed by atoms with Crippen LogP contribution in [-0.2, 0) is 14.3 Å². The molecule has 2 saturated heterocycles. The Kier molecular flexibility index (Phi) is 2.40. The van der Waals surface area contributed by atoms with Crippen molar-refractivity contribution in [2.24, 2.45) is 5.41 Å². The summed E-state index contributed by atoms with van der Waals surface area (Å²) in [6, 6.07) is 2.05. The van der Waals surface area contributed by atoms with E-state index < -0.39 is 5.41 Å². The third kappa shape index (κ3) is 1.37. The number of nitrogens with zero attached hydrogens (tertiary/aromatic N) is 2. The molecule has 0 unspecified atom stereocenters. The maximum atomic E-state index is 11.9. The monoisotopic (exact) mass is 196 g/mol. The van der Waals surface area contributed by atoms with Crippen LogP contribution in [0.5, 0.6) is 0 Å². The van der Waals surface area contributed by atoms with E-state index in [9.17, 15) is 4.79 Å². The summed E-state index contributed by atoms with van der Waals surface area (Å²) < 4.78 is 10.1. The Morgan fingerprint density at radius 1 is 1.29 bits per heavy atom. The molecule has 0 saturated carbocycles. The minimum absolute atomic E-state index is 0.102. The average Bonchev–Trinajstić information content (AvgIpc) is 2.18. The lowest BCUT2D eigenvalue weighted by atomic mass is 9.86. The molecule has 0 atom stereocenters. The van der Waals surface area contributed by atoms with Gasteiger partial charge in [-0.3, -0.25) is 4.79 Å². The molecule has 0 bridgehead atoms. The van der Waals surface area contributed by atoms with Gasteiger partial charge in [-0.25, -0.2) is 0 Å². The molecule has 2 fully saturated rings. The first-order chi connectivity index (χ1) is 6.78. The predicted molar refractivity (Wildman–Crippen MR) is 46.3 cm³/mol. The highest BCUT2D eigenvalue weighted by Gasteiger charge is 2.48. The molecule has 0 aromatic rings. The summed E-state index contributed by atoms with van der Waals surface area (Å²) >= 11 is 0. The van der Waals surface area contributed by atoms with Gasteiger partial charge in [0.15, 0.2) is 5.41 Å². The van der Waals surface area contributed by atoms with Crippen molar-refractivity contribution in [2.75, 3.05) is 39.5 Å². The fourth-order valence-corrected chi connectivity index (χ4v) is 1.61. The van der Waals surface area contributed by atoms with Crippen molar-refractivity contribution in [1.82, 2.24) is 4.90 Å². The van der Waals surface area contributed by atoms with E-state index in [0.29, 0.717) is 26.3 Å². The van der Waals surface area contributed by atoms with Crippen molar-refractivity contribution in [3.8, 4) is 6.07 Å². The van der Waals surface area contributed by atoms with Gasteiger partial charge in [-0.05, 0) is 0 Å². The van der Waals surface area contributed by atoms with Gasteiger partial charge in [-0.1, -0.05) is 0 Å². The first-order valence-electron chi connectivity index (χ1n) is 4.65. The zero-order chi connectivity index (χ0) is 10.0. The summed E-state index contributed by atoms with van der Waals surface area (Å²) in [5.41, 5.74) is -0.905. The Hall–Kier alpha value is -1.12. The SMILES string of the molecule is N#CC1(C(=O)N2CCOCC2)COC1. The molecule has 1 amide bonds. The smallest absolute Gasteiger partial charge is 0.248 e. The molecule has 0 N–H and O–H groups in total. The molecule has 0 radical (unpaired) electrons. The highest BCUT2D eigenvalue weighted by Crippen LogP contribution is 2.29. The molecule has 76 valence electrons. The van der Waals surface area contributed by atoms with E-state index >= 15 is 0 Å². The van der Waals surface area contributed by atoms with E-state index in [1.807, 2.05) is 0 Å². The molecular formula is C9H12N2O3. The van der Waals surface area contributed by atoms with Crippen LogP contribution in [0.15, 0.2) is 0 Å². The Balaban J connectivity index is 2.03. The van der Waals surface area contributed by atoms with Gasteiger partial charge in [-0.2, -0.15) is 5.26 Å². The lowest BCUT2D eigenvalue weighted by molar-refractivity contribution is -0.164. The van der Waals surface area contributed by atoms with Crippen LogP contribution >= 0.6 is 0 Å². The quantitative estimate of drug-likeness (QED) is 0.561. The van der Waals surface area contributed by atoms with Crippen LogP contribution in [0.2, 0.25) is 0 Å². The lowest BCUT2D eigenvalue weighted by Crippen LogP contribution is -2.56. The van der Waals surface area contributed by atoms with E-state index in [-0.39, 0.29) is 19.1 Å². The van der Waals surface area contributed by atoms with Crippen LogP contribution < -0.4 is 0 Å². The number of carbonyl (C=O) groups is 1. The predicted octanol–water partition coefficient (Wildman–Crippen LogP) is -0.615. The first-order valence-corrected chi connectivity index (χ1v) is 4.65. The van der Waals surface area contributed by atoms with E-state index in [4.69, 9.17) is 14.7 Å². The molecule has 0 aliphatic carbocycles. The molecule has 2 aliphatic rings. The summed E-state index contributed by atoms with van der Waals surface area (Å²) in [7, 11) is 0. The second-order valence-electron chi connectivity index (χ2n) is 3.59. The van der Waals surface area contributed by atoms with Gasteiger partial charge in [0, 0.05) is 13.1 Å². The van der Waals surface area contributed by atoms with Crippen LogP contribution in [0.3, 0.4) is 0 Å². The van der Waals surface area contributed by atoms with Crippen molar-refractivity contribution in [3.05, 3.63) is 0 Å². The van der Waals surface area contributed by atoms with Crippen LogP contribution in [0.25, 0.3) is 0 Å². The molecule has 5 heteroatoms. The summed E-state index contributed by atoms with van der Waals surface area (Å²) in [6.45, 7) is 2.77. The van der Waals surface area contributed by atoms with Crippen molar-refractivity contribution in [3.63, 3.8) is 0 Å². The topological polar surface area (TPSA) is 62.6 Å². The van der Waals surface area contributed by atoms with Crippen molar-refractivity contribution in [2.45, 2.75) is 0 Å². The molecule has 2 aliphatic heterocycles. The van der Waals surface area contributed by atoms with Crippen molar-refractivity contribution >= 4 is 5.91 Å². The highest BCUT2D eigenvalue weighted by molar-refractivity contribution is 5.86. The van der Waals surface area contributed by atoms with Gasteiger partial charge >= 0.3 is 0 Å². The number of ether oxygens (including phenoxy) is 2. The first kappa shape index (κ1) is 9.44. The van der Waals surface area contributed by atoms with Gasteiger partial charge < -0.3 is 14.4 Å². The van der Waals surface area contributed by atoms with E-state index in [0.717, 1.165) is 0 Å². The Labute approximate surface area is 82.2 Å². The number of morpholine rings is 1. The van der Waals surface area contributed by atoms with Crippen LogP contribution in [0.4, 0.5) is 0 Å². The average molecular weight is 196 g/mol. The molecule has 2 rings (SSSR count). The van der Waals surface area contributed by atoms with E-state index in [1.54, 1.807) is 4.90 Å². The number of rotatable bonds is 1. The maximum Gasteiger partial charge on any atom is 0.248 e.